The Morgan fingerprint density at radius 2 is 2.10 bits per heavy atom. The lowest BCUT2D eigenvalue weighted by atomic mass is 9.97. The molecule has 0 aliphatic carbocycles. The van der Waals surface area contributed by atoms with Gasteiger partial charge in [0.15, 0.2) is 0 Å². The number of hydrogen-bond acceptors (Lipinski definition) is 5. The van der Waals surface area contributed by atoms with E-state index in [4.69, 9.17) is 10.5 Å². The maximum absolute atomic E-state index is 12.1. The van der Waals surface area contributed by atoms with Crippen LogP contribution >= 0.6 is 0 Å². The van der Waals surface area contributed by atoms with Crippen LogP contribution in [0.25, 0.3) is 0 Å². The largest absolute Gasteiger partial charge is 0.379 e. The van der Waals surface area contributed by atoms with Gasteiger partial charge in [0.1, 0.15) is 5.54 Å². The van der Waals surface area contributed by atoms with Gasteiger partial charge < -0.3 is 15.8 Å². The Kier molecular flexibility index (Phi) is 4.68. The molecule has 1 atom stereocenters. The van der Waals surface area contributed by atoms with Crippen molar-refractivity contribution in [1.82, 2.24) is 9.62 Å². The second-order valence-electron chi connectivity index (χ2n) is 5.51. The number of sulfonamides is 1. The third-order valence-corrected chi connectivity index (χ3v) is 5.93. The van der Waals surface area contributed by atoms with Gasteiger partial charge >= 0.3 is 0 Å². The summed E-state index contributed by atoms with van der Waals surface area (Å²) >= 11 is 0. The molecule has 7 nitrogen and oxygen atoms in total. The molecule has 0 aromatic carbocycles. The maximum Gasteiger partial charge on any atom is 0.242 e. The number of carbonyl (C=O) groups is 1. The second kappa shape index (κ2) is 5.97. The summed E-state index contributed by atoms with van der Waals surface area (Å²) in [5, 5.41) is 2.93. The van der Waals surface area contributed by atoms with E-state index in [-0.39, 0.29) is 24.3 Å². The van der Waals surface area contributed by atoms with Crippen molar-refractivity contribution in [3.8, 4) is 0 Å². The Bertz CT molecular complexity index is 451. The molecule has 0 saturated carbocycles. The zero-order valence-electron chi connectivity index (χ0n) is 11.8. The molecule has 2 heterocycles. The van der Waals surface area contributed by atoms with Gasteiger partial charge in [-0.05, 0) is 26.2 Å². The highest BCUT2D eigenvalue weighted by molar-refractivity contribution is 7.89. The molecule has 3 N–H and O–H groups in total. The van der Waals surface area contributed by atoms with Gasteiger partial charge in [-0.2, -0.15) is 0 Å². The molecule has 116 valence electrons. The van der Waals surface area contributed by atoms with Crippen LogP contribution in [-0.2, 0) is 19.6 Å². The van der Waals surface area contributed by atoms with Crippen molar-refractivity contribution >= 4 is 15.9 Å². The van der Waals surface area contributed by atoms with E-state index in [0.29, 0.717) is 39.0 Å². The zero-order valence-corrected chi connectivity index (χ0v) is 12.6. The number of ether oxygens (including phenoxy) is 1. The monoisotopic (exact) mass is 305 g/mol. The van der Waals surface area contributed by atoms with Gasteiger partial charge in [0.2, 0.25) is 15.9 Å². The van der Waals surface area contributed by atoms with Gasteiger partial charge in [0.05, 0.1) is 12.4 Å². The van der Waals surface area contributed by atoms with E-state index in [1.807, 2.05) is 0 Å². The van der Waals surface area contributed by atoms with E-state index in [0.717, 1.165) is 0 Å². The Labute approximate surface area is 119 Å². The van der Waals surface area contributed by atoms with Gasteiger partial charge in [-0.25, -0.2) is 12.7 Å². The van der Waals surface area contributed by atoms with Crippen molar-refractivity contribution in [2.75, 3.05) is 32.1 Å². The first-order valence-corrected chi connectivity index (χ1v) is 8.64. The minimum Gasteiger partial charge on any atom is -0.379 e. The van der Waals surface area contributed by atoms with Crippen LogP contribution in [0, 0.1) is 0 Å². The fourth-order valence-corrected chi connectivity index (χ4v) is 3.68. The van der Waals surface area contributed by atoms with E-state index in [2.05, 4.69) is 5.32 Å². The minimum absolute atomic E-state index is 0.00756. The molecule has 0 aromatic heterocycles. The summed E-state index contributed by atoms with van der Waals surface area (Å²) in [6, 6.07) is -0.00756. The predicted octanol–water partition coefficient (Wildman–Crippen LogP) is -0.965. The van der Waals surface area contributed by atoms with E-state index in [9.17, 15) is 13.2 Å². The molecular weight excluding hydrogens is 282 g/mol. The lowest BCUT2D eigenvalue weighted by Crippen LogP contribution is -2.58. The summed E-state index contributed by atoms with van der Waals surface area (Å²) in [5.41, 5.74) is 5.07. The summed E-state index contributed by atoms with van der Waals surface area (Å²) in [7, 11) is -3.12. The first kappa shape index (κ1) is 15.7. The topological polar surface area (TPSA) is 102 Å². The molecule has 2 fully saturated rings. The Hall–Kier alpha value is -0.700. The molecule has 1 amide bonds. The molecule has 8 heteroatoms. The van der Waals surface area contributed by atoms with E-state index in [1.54, 1.807) is 6.92 Å². The summed E-state index contributed by atoms with van der Waals surface area (Å²) in [4.78, 5) is 12.1. The predicted molar refractivity (Wildman–Crippen MR) is 74.6 cm³/mol. The first-order chi connectivity index (χ1) is 9.37. The first-order valence-electron chi connectivity index (χ1n) is 7.03. The molecule has 1 unspecified atom stereocenters. The van der Waals surface area contributed by atoms with E-state index in [1.165, 1.54) is 4.31 Å². The second-order valence-corrected chi connectivity index (χ2v) is 7.76. The van der Waals surface area contributed by atoms with Crippen molar-refractivity contribution in [2.45, 2.75) is 37.8 Å². The highest BCUT2D eigenvalue weighted by atomic mass is 32.2. The number of carbonyl (C=O) groups excluding carboxylic acids is 1. The SMILES string of the molecule is CCS(=O)(=O)N1CCC(NC(=O)C2(N)CCOC2)CC1. The van der Waals surface area contributed by atoms with Crippen molar-refractivity contribution in [2.24, 2.45) is 5.73 Å². The zero-order chi connectivity index (χ0) is 14.8. The number of rotatable bonds is 4. The van der Waals surface area contributed by atoms with Crippen LogP contribution in [0.15, 0.2) is 0 Å². The van der Waals surface area contributed by atoms with Crippen LogP contribution < -0.4 is 11.1 Å². The van der Waals surface area contributed by atoms with Gasteiger partial charge in [-0.15, -0.1) is 0 Å². The summed E-state index contributed by atoms with van der Waals surface area (Å²) in [6.45, 7) is 3.31. The lowest BCUT2D eigenvalue weighted by Gasteiger charge is -2.33. The van der Waals surface area contributed by atoms with E-state index < -0.39 is 15.6 Å². The molecule has 2 saturated heterocycles. The number of piperidine rings is 1. The fourth-order valence-electron chi connectivity index (χ4n) is 2.55. The van der Waals surface area contributed by atoms with Crippen LogP contribution in [0.3, 0.4) is 0 Å². The molecule has 0 bridgehead atoms. The normalized spacial score (nSPS) is 29.5. The van der Waals surface area contributed by atoms with Crippen LogP contribution in [0.2, 0.25) is 0 Å². The molecule has 0 aromatic rings. The van der Waals surface area contributed by atoms with E-state index >= 15 is 0 Å². The van der Waals surface area contributed by atoms with Crippen molar-refractivity contribution in [3.63, 3.8) is 0 Å². The van der Waals surface area contributed by atoms with Crippen LogP contribution in [-0.4, -0.2) is 62.3 Å². The van der Waals surface area contributed by atoms with Crippen LogP contribution in [0.4, 0.5) is 0 Å². The summed E-state index contributed by atoms with van der Waals surface area (Å²) < 4.78 is 30.2. The Morgan fingerprint density at radius 1 is 1.45 bits per heavy atom. The van der Waals surface area contributed by atoms with Gasteiger partial charge in [0, 0.05) is 25.7 Å². The molecule has 20 heavy (non-hydrogen) atoms. The standard InChI is InChI=1S/C12H23N3O4S/c1-2-20(17,18)15-6-3-10(4-7-15)14-11(16)12(13)5-8-19-9-12/h10H,2-9,13H2,1H3,(H,14,16). The number of nitrogens with two attached hydrogens (primary N) is 1. The number of amides is 1. The molecule has 0 radical (unpaired) electrons. The summed E-state index contributed by atoms with van der Waals surface area (Å²) in [5.74, 6) is -0.0698. The van der Waals surface area contributed by atoms with Gasteiger partial charge in [-0.1, -0.05) is 0 Å². The molecule has 2 aliphatic heterocycles. The highest BCUT2D eigenvalue weighted by Gasteiger charge is 2.39. The third kappa shape index (κ3) is 3.30. The fraction of sp³-hybridized carbons (Fsp3) is 0.917. The quantitative estimate of drug-likeness (QED) is 0.696. The number of nitrogens with zero attached hydrogens (tertiary/aromatic N) is 1. The van der Waals surface area contributed by atoms with Crippen molar-refractivity contribution in [1.29, 1.82) is 0 Å². The third-order valence-electron chi connectivity index (χ3n) is 4.05. The molecular formula is C12H23N3O4S. The Morgan fingerprint density at radius 3 is 2.60 bits per heavy atom. The van der Waals surface area contributed by atoms with Gasteiger partial charge in [-0.3, -0.25) is 4.79 Å². The average molecular weight is 305 g/mol. The number of nitrogens with one attached hydrogen (secondary N) is 1. The molecule has 2 rings (SSSR count). The Balaban J connectivity index is 1.84. The molecule has 0 spiro atoms. The number of hydrogen-bond donors (Lipinski definition) is 2. The summed E-state index contributed by atoms with van der Waals surface area (Å²) in [6.07, 6.45) is 1.78. The van der Waals surface area contributed by atoms with Crippen LogP contribution in [0.1, 0.15) is 26.2 Å². The minimum atomic E-state index is -3.12. The maximum atomic E-state index is 12.1. The van der Waals surface area contributed by atoms with Crippen molar-refractivity contribution < 1.29 is 17.9 Å². The van der Waals surface area contributed by atoms with Gasteiger partial charge in [0.25, 0.3) is 0 Å². The highest BCUT2D eigenvalue weighted by Crippen LogP contribution is 2.18. The van der Waals surface area contributed by atoms with Crippen LogP contribution in [0.5, 0.6) is 0 Å². The molecule has 2 aliphatic rings. The van der Waals surface area contributed by atoms with Crippen molar-refractivity contribution in [3.05, 3.63) is 0 Å². The smallest absolute Gasteiger partial charge is 0.242 e. The lowest BCUT2D eigenvalue weighted by molar-refractivity contribution is -0.127. The average Bonchev–Trinajstić information content (AvgIpc) is 2.88.